The van der Waals surface area contributed by atoms with Crippen molar-refractivity contribution < 1.29 is 14.6 Å². The quantitative estimate of drug-likeness (QED) is 0.821. The summed E-state index contributed by atoms with van der Waals surface area (Å²) in [5.41, 5.74) is 1.51. The van der Waals surface area contributed by atoms with E-state index in [1.165, 1.54) is 0 Å². The van der Waals surface area contributed by atoms with Gasteiger partial charge in [-0.25, -0.2) is 0 Å². The van der Waals surface area contributed by atoms with Gasteiger partial charge in [0.05, 0.1) is 37.0 Å². The minimum Gasteiger partial charge on any atom is -0.493 e. The molecule has 1 aliphatic rings. The second kappa shape index (κ2) is 7.93. The summed E-state index contributed by atoms with van der Waals surface area (Å²) in [6.45, 7) is 5.12. The Balaban J connectivity index is 1.62. The van der Waals surface area contributed by atoms with Crippen molar-refractivity contribution in [2.24, 2.45) is 0 Å². The Kier molecular flexibility index (Phi) is 5.67. The second-order valence-electron chi connectivity index (χ2n) is 5.58. The van der Waals surface area contributed by atoms with Crippen LogP contribution in [-0.2, 0) is 11.3 Å². The second-order valence-corrected chi connectivity index (χ2v) is 5.99. The van der Waals surface area contributed by atoms with E-state index in [0.717, 1.165) is 55.7 Å². The molecule has 0 radical (unpaired) electrons. The van der Waals surface area contributed by atoms with Crippen molar-refractivity contribution in [2.75, 3.05) is 39.5 Å². The zero-order valence-electron chi connectivity index (χ0n) is 13.0. The molecule has 0 spiro atoms. The molecular weight excluding hydrogens is 316 g/mol. The summed E-state index contributed by atoms with van der Waals surface area (Å²) in [5, 5.41) is 11.0. The highest BCUT2D eigenvalue weighted by Gasteiger charge is 2.11. The molecule has 2 heterocycles. The van der Waals surface area contributed by atoms with Gasteiger partial charge in [-0.2, -0.15) is 0 Å². The van der Waals surface area contributed by atoms with Crippen LogP contribution in [0, 0.1) is 0 Å². The lowest BCUT2D eigenvalue weighted by molar-refractivity contribution is 0.0357. The van der Waals surface area contributed by atoms with Crippen molar-refractivity contribution in [3.63, 3.8) is 0 Å². The maximum atomic E-state index is 9.56. The summed E-state index contributed by atoms with van der Waals surface area (Å²) in [6, 6.07) is 5.44. The zero-order chi connectivity index (χ0) is 16.1. The van der Waals surface area contributed by atoms with Gasteiger partial charge in [0.25, 0.3) is 0 Å². The number of aliphatic hydroxyl groups excluding tert-OH is 1. The molecule has 1 saturated heterocycles. The summed E-state index contributed by atoms with van der Waals surface area (Å²) >= 11 is 6.17. The molecule has 1 fully saturated rings. The molecule has 6 heteroatoms. The average molecular weight is 337 g/mol. The molecule has 124 valence electrons. The molecular formula is C17H21ClN2O3. The van der Waals surface area contributed by atoms with E-state index in [1.807, 2.05) is 12.1 Å². The topological polar surface area (TPSA) is 54.8 Å². The normalized spacial score (nSPS) is 15.9. The van der Waals surface area contributed by atoms with Crippen LogP contribution in [0.4, 0.5) is 0 Å². The van der Waals surface area contributed by atoms with E-state index in [1.54, 1.807) is 12.3 Å². The van der Waals surface area contributed by atoms with E-state index in [4.69, 9.17) is 21.1 Å². The summed E-state index contributed by atoms with van der Waals surface area (Å²) in [5.74, 6) is 0.678. The molecule has 1 N–H and O–H groups in total. The maximum Gasteiger partial charge on any atom is 0.126 e. The summed E-state index contributed by atoms with van der Waals surface area (Å²) < 4.78 is 11.2. The molecule has 0 bridgehead atoms. The number of nitrogens with zero attached hydrogens (tertiary/aromatic N) is 2. The van der Waals surface area contributed by atoms with Crippen LogP contribution < -0.4 is 4.74 Å². The van der Waals surface area contributed by atoms with E-state index in [0.29, 0.717) is 17.4 Å². The number of aliphatic hydroxyl groups is 1. The van der Waals surface area contributed by atoms with E-state index in [9.17, 15) is 5.11 Å². The number of fused-ring (bicyclic) bond motifs is 1. The number of morpholine rings is 1. The van der Waals surface area contributed by atoms with Crippen molar-refractivity contribution in [1.82, 2.24) is 9.88 Å². The van der Waals surface area contributed by atoms with Gasteiger partial charge in [0.2, 0.25) is 0 Å². The third-order valence-corrected chi connectivity index (χ3v) is 4.35. The van der Waals surface area contributed by atoms with Crippen LogP contribution in [0.2, 0.25) is 5.02 Å². The molecule has 0 atom stereocenters. The average Bonchev–Trinajstić information content (AvgIpc) is 2.59. The Morgan fingerprint density at radius 2 is 2.13 bits per heavy atom. The lowest BCUT2D eigenvalue weighted by Gasteiger charge is -2.26. The SMILES string of the molecule is OCc1cc2c(Cl)ccnc2cc1OCCCN1CCOCC1. The zero-order valence-corrected chi connectivity index (χ0v) is 13.8. The fourth-order valence-corrected chi connectivity index (χ4v) is 2.95. The van der Waals surface area contributed by atoms with Gasteiger partial charge in [0.1, 0.15) is 5.75 Å². The van der Waals surface area contributed by atoms with Crippen molar-refractivity contribution in [1.29, 1.82) is 0 Å². The van der Waals surface area contributed by atoms with Gasteiger partial charge in [0.15, 0.2) is 0 Å². The van der Waals surface area contributed by atoms with E-state index < -0.39 is 0 Å². The lowest BCUT2D eigenvalue weighted by Crippen LogP contribution is -2.37. The number of hydrogen-bond donors (Lipinski definition) is 1. The third-order valence-electron chi connectivity index (χ3n) is 4.02. The van der Waals surface area contributed by atoms with Crippen LogP contribution in [0.15, 0.2) is 24.4 Å². The van der Waals surface area contributed by atoms with Crippen LogP contribution in [0.25, 0.3) is 10.9 Å². The molecule has 0 unspecified atom stereocenters. The number of aromatic nitrogens is 1. The van der Waals surface area contributed by atoms with Gasteiger partial charge in [-0.05, 0) is 18.6 Å². The van der Waals surface area contributed by atoms with Crippen molar-refractivity contribution >= 4 is 22.5 Å². The predicted molar refractivity (Wildman–Crippen MR) is 90.0 cm³/mol. The molecule has 23 heavy (non-hydrogen) atoms. The Hall–Kier alpha value is -1.40. The molecule has 1 aromatic carbocycles. The number of rotatable bonds is 6. The minimum atomic E-state index is -0.0834. The summed E-state index contributed by atoms with van der Waals surface area (Å²) in [6.07, 6.45) is 2.61. The summed E-state index contributed by atoms with van der Waals surface area (Å²) in [7, 11) is 0. The van der Waals surface area contributed by atoms with Gasteiger partial charge in [0, 0.05) is 42.8 Å². The van der Waals surface area contributed by atoms with Crippen molar-refractivity contribution in [2.45, 2.75) is 13.0 Å². The first-order valence-corrected chi connectivity index (χ1v) is 8.26. The smallest absolute Gasteiger partial charge is 0.126 e. The highest BCUT2D eigenvalue weighted by molar-refractivity contribution is 6.35. The predicted octanol–water partition coefficient (Wildman–Crippen LogP) is 2.48. The van der Waals surface area contributed by atoms with E-state index in [-0.39, 0.29) is 6.61 Å². The van der Waals surface area contributed by atoms with Crippen LogP contribution >= 0.6 is 11.6 Å². The van der Waals surface area contributed by atoms with E-state index in [2.05, 4.69) is 9.88 Å². The van der Waals surface area contributed by atoms with Crippen molar-refractivity contribution in [3.8, 4) is 5.75 Å². The fraction of sp³-hybridized carbons (Fsp3) is 0.471. The fourth-order valence-electron chi connectivity index (χ4n) is 2.74. The number of benzene rings is 1. The first-order chi connectivity index (χ1) is 11.3. The third kappa shape index (κ3) is 4.12. The first kappa shape index (κ1) is 16.5. The first-order valence-electron chi connectivity index (χ1n) is 7.89. The van der Waals surface area contributed by atoms with Crippen LogP contribution in [0.1, 0.15) is 12.0 Å². The Morgan fingerprint density at radius 1 is 1.30 bits per heavy atom. The number of hydrogen-bond acceptors (Lipinski definition) is 5. The monoisotopic (exact) mass is 336 g/mol. The largest absolute Gasteiger partial charge is 0.493 e. The van der Waals surface area contributed by atoms with Crippen LogP contribution in [0.5, 0.6) is 5.75 Å². The van der Waals surface area contributed by atoms with Gasteiger partial charge in [-0.15, -0.1) is 0 Å². The molecule has 1 aromatic heterocycles. The molecule has 5 nitrogen and oxygen atoms in total. The van der Waals surface area contributed by atoms with Gasteiger partial charge < -0.3 is 14.6 Å². The van der Waals surface area contributed by atoms with Crippen LogP contribution in [0.3, 0.4) is 0 Å². The lowest BCUT2D eigenvalue weighted by atomic mass is 10.1. The Bertz CT molecular complexity index is 660. The number of halogens is 1. The molecule has 1 aliphatic heterocycles. The molecule has 0 saturated carbocycles. The Morgan fingerprint density at radius 3 is 2.91 bits per heavy atom. The van der Waals surface area contributed by atoms with Gasteiger partial charge >= 0.3 is 0 Å². The molecule has 2 aromatic rings. The number of pyridine rings is 1. The van der Waals surface area contributed by atoms with Gasteiger partial charge in [-0.1, -0.05) is 11.6 Å². The Labute approximate surface area is 140 Å². The van der Waals surface area contributed by atoms with Gasteiger partial charge in [-0.3, -0.25) is 9.88 Å². The molecule has 0 amide bonds. The maximum absolute atomic E-state index is 9.56. The highest BCUT2D eigenvalue weighted by Crippen LogP contribution is 2.29. The minimum absolute atomic E-state index is 0.0834. The van der Waals surface area contributed by atoms with Crippen LogP contribution in [-0.4, -0.2) is 54.4 Å². The van der Waals surface area contributed by atoms with E-state index >= 15 is 0 Å². The number of ether oxygens (including phenoxy) is 2. The highest BCUT2D eigenvalue weighted by atomic mass is 35.5. The van der Waals surface area contributed by atoms with Crippen molar-refractivity contribution in [3.05, 3.63) is 35.0 Å². The molecule has 0 aliphatic carbocycles. The summed E-state index contributed by atoms with van der Waals surface area (Å²) in [4.78, 5) is 6.69. The standard InChI is InChI=1S/C17H21ClN2O3/c18-15-2-3-19-16-11-17(13(12-21)10-14(15)16)23-7-1-4-20-5-8-22-9-6-20/h2-3,10-11,21H,1,4-9,12H2. The molecule has 3 rings (SSSR count).